The molecule has 1 aliphatic heterocycles. The predicted octanol–water partition coefficient (Wildman–Crippen LogP) is 3.49. The fraction of sp³-hybridized carbons (Fsp3) is 0.476. The van der Waals surface area contributed by atoms with Crippen LogP contribution in [0.2, 0.25) is 0 Å². The second-order valence-electron chi connectivity index (χ2n) is 8.74. The first-order valence-electron chi connectivity index (χ1n) is 9.95. The van der Waals surface area contributed by atoms with Crippen LogP contribution in [0.4, 0.5) is 0 Å². The van der Waals surface area contributed by atoms with E-state index < -0.39 is 0 Å². The van der Waals surface area contributed by atoms with Crippen molar-refractivity contribution in [3.63, 3.8) is 0 Å². The molecule has 1 aliphatic rings. The maximum atomic E-state index is 12.8. The topological polar surface area (TPSA) is 89.9 Å². The fourth-order valence-electron chi connectivity index (χ4n) is 3.43. The van der Waals surface area contributed by atoms with Crippen LogP contribution in [0, 0.1) is 5.92 Å². The molecule has 1 saturated heterocycles. The van der Waals surface area contributed by atoms with Gasteiger partial charge in [-0.15, -0.1) is 0 Å². The number of carbonyl (C=O) groups is 1. The zero-order valence-electron chi connectivity index (χ0n) is 17.3. The summed E-state index contributed by atoms with van der Waals surface area (Å²) in [5, 5.41) is 4.08. The third kappa shape index (κ3) is 4.06. The smallest absolute Gasteiger partial charge is 0.274 e. The Labute approximate surface area is 170 Å². The second kappa shape index (κ2) is 7.42. The lowest BCUT2D eigenvalue weighted by molar-refractivity contribution is 0.0677. The minimum atomic E-state index is -0.191. The molecule has 0 spiro atoms. The molecule has 8 heteroatoms. The van der Waals surface area contributed by atoms with E-state index >= 15 is 0 Å². The van der Waals surface area contributed by atoms with Gasteiger partial charge >= 0.3 is 0 Å². The van der Waals surface area contributed by atoms with Gasteiger partial charge in [-0.25, -0.2) is 9.97 Å². The van der Waals surface area contributed by atoms with E-state index in [2.05, 4.69) is 27.0 Å². The Morgan fingerprint density at radius 1 is 1.28 bits per heavy atom. The Morgan fingerprint density at radius 3 is 2.83 bits per heavy atom. The molecule has 3 aromatic heterocycles. The maximum absolute atomic E-state index is 12.8. The summed E-state index contributed by atoms with van der Waals surface area (Å²) in [6, 6.07) is 3.67. The molecular formula is C21H26N6O2. The van der Waals surface area contributed by atoms with Gasteiger partial charge in [0.25, 0.3) is 11.8 Å². The molecule has 1 fully saturated rings. The van der Waals surface area contributed by atoms with E-state index in [1.165, 1.54) is 6.42 Å². The van der Waals surface area contributed by atoms with E-state index in [1.807, 2.05) is 37.8 Å². The molecule has 0 saturated carbocycles. The van der Waals surface area contributed by atoms with Crippen LogP contribution in [0.15, 0.2) is 35.4 Å². The molecule has 29 heavy (non-hydrogen) atoms. The summed E-state index contributed by atoms with van der Waals surface area (Å²) in [6.07, 6.45) is 7.22. The van der Waals surface area contributed by atoms with Crippen LogP contribution in [0.5, 0.6) is 0 Å². The lowest BCUT2D eigenvalue weighted by Gasteiger charge is -2.30. The summed E-state index contributed by atoms with van der Waals surface area (Å²) in [4.78, 5) is 27.9. The van der Waals surface area contributed by atoms with Gasteiger partial charge in [-0.2, -0.15) is 4.98 Å². The van der Waals surface area contributed by atoms with Gasteiger partial charge in [0, 0.05) is 36.5 Å². The number of pyridine rings is 1. The number of imidazole rings is 1. The number of amides is 1. The average molecular weight is 394 g/mol. The van der Waals surface area contributed by atoms with Gasteiger partial charge in [0.15, 0.2) is 5.82 Å². The molecule has 152 valence electrons. The normalized spacial score (nSPS) is 17.5. The van der Waals surface area contributed by atoms with Crippen LogP contribution in [-0.4, -0.2) is 48.6 Å². The van der Waals surface area contributed by atoms with Crippen molar-refractivity contribution in [3.05, 3.63) is 42.4 Å². The Kier molecular flexibility index (Phi) is 4.94. The van der Waals surface area contributed by atoms with Crippen molar-refractivity contribution in [2.45, 2.75) is 46.0 Å². The first-order chi connectivity index (χ1) is 13.8. The first kappa shape index (κ1) is 19.3. The average Bonchev–Trinajstić information content (AvgIpc) is 3.37. The van der Waals surface area contributed by atoms with Gasteiger partial charge in [-0.3, -0.25) is 9.36 Å². The van der Waals surface area contributed by atoms with E-state index in [4.69, 9.17) is 4.52 Å². The van der Waals surface area contributed by atoms with Crippen molar-refractivity contribution >= 4 is 5.91 Å². The molecule has 8 nitrogen and oxygen atoms in total. The summed E-state index contributed by atoms with van der Waals surface area (Å²) in [5.74, 6) is 2.23. The van der Waals surface area contributed by atoms with Gasteiger partial charge in [0.1, 0.15) is 17.8 Å². The lowest BCUT2D eigenvalue weighted by Crippen LogP contribution is -2.39. The standard InChI is InChI=1S/C21H26N6O2/c1-14-6-5-9-26(11-14)19(28)16-12-27(13-23-16)17-10-15(7-8-22-17)18-24-20(25-29-18)21(2,3)4/h7-8,10,12-14H,5-6,9,11H2,1-4H3. The van der Waals surface area contributed by atoms with Crippen molar-refractivity contribution in [2.75, 3.05) is 13.1 Å². The molecule has 4 heterocycles. The highest BCUT2D eigenvalue weighted by atomic mass is 16.5. The Bertz CT molecular complexity index is 1020. The number of likely N-dealkylation sites (tertiary alicyclic amines) is 1. The van der Waals surface area contributed by atoms with E-state index in [-0.39, 0.29) is 11.3 Å². The Balaban J connectivity index is 1.56. The number of hydrogen-bond acceptors (Lipinski definition) is 6. The summed E-state index contributed by atoms with van der Waals surface area (Å²) in [6.45, 7) is 9.85. The van der Waals surface area contributed by atoms with Crippen molar-refractivity contribution in [1.29, 1.82) is 0 Å². The van der Waals surface area contributed by atoms with Crippen molar-refractivity contribution in [3.8, 4) is 17.3 Å². The van der Waals surface area contributed by atoms with Gasteiger partial charge < -0.3 is 9.42 Å². The summed E-state index contributed by atoms with van der Waals surface area (Å²) in [7, 11) is 0. The second-order valence-corrected chi connectivity index (χ2v) is 8.74. The Morgan fingerprint density at radius 2 is 2.10 bits per heavy atom. The van der Waals surface area contributed by atoms with E-state index in [1.54, 1.807) is 23.3 Å². The van der Waals surface area contributed by atoms with Gasteiger partial charge in [0.2, 0.25) is 0 Å². The molecular weight excluding hydrogens is 368 g/mol. The molecule has 1 atom stereocenters. The summed E-state index contributed by atoms with van der Waals surface area (Å²) in [5.41, 5.74) is 1.01. The molecule has 1 unspecified atom stereocenters. The molecule has 0 radical (unpaired) electrons. The highest BCUT2D eigenvalue weighted by Gasteiger charge is 2.24. The highest BCUT2D eigenvalue weighted by molar-refractivity contribution is 5.92. The molecule has 0 aromatic carbocycles. The monoisotopic (exact) mass is 394 g/mol. The van der Waals surface area contributed by atoms with Crippen LogP contribution in [0.25, 0.3) is 17.3 Å². The fourth-order valence-corrected chi connectivity index (χ4v) is 3.43. The minimum Gasteiger partial charge on any atom is -0.337 e. The van der Waals surface area contributed by atoms with Crippen LogP contribution in [-0.2, 0) is 5.41 Å². The van der Waals surface area contributed by atoms with Gasteiger partial charge in [-0.05, 0) is 30.9 Å². The molecule has 0 N–H and O–H groups in total. The lowest BCUT2D eigenvalue weighted by atomic mass is 9.96. The SMILES string of the molecule is CC1CCCN(C(=O)c2cn(-c3cc(-c4nc(C(C)(C)C)no4)ccn3)cn2)C1. The zero-order chi connectivity index (χ0) is 20.6. The minimum absolute atomic E-state index is 0.0295. The number of rotatable bonds is 3. The number of carbonyl (C=O) groups excluding carboxylic acids is 1. The number of piperidine rings is 1. The van der Waals surface area contributed by atoms with E-state index in [0.717, 1.165) is 25.1 Å². The quantitative estimate of drug-likeness (QED) is 0.675. The van der Waals surface area contributed by atoms with Gasteiger partial charge in [0.05, 0.1) is 0 Å². The molecule has 0 bridgehead atoms. The Hall–Kier alpha value is -3.03. The van der Waals surface area contributed by atoms with Crippen molar-refractivity contribution in [2.24, 2.45) is 5.92 Å². The van der Waals surface area contributed by atoms with Crippen LogP contribution < -0.4 is 0 Å². The number of nitrogens with zero attached hydrogens (tertiary/aromatic N) is 6. The first-order valence-corrected chi connectivity index (χ1v) is 9.95. The largest absolute Gasteiger partial charge is 0.337 e. The molecule has 3 aromatic rings. The highest BCUT2D eigenvalue weighted by Crippen LogP contribution is 2.24. The van der Waals surface area contributed by atoms with Crippen molar-refractivity contribution < 1.29 is 9.32 Å². The number of hydrogen-bond donors (Lipinski definition) is 0. The predicted molar refractivity (Wildman–Crippen MR) is 108 cm³/mol. The van der Waals surface area contributed by atoms with Crippen LogP contribution in [0.3, 0.4) is 0 Å². The molecule has 4 rings (SSSR count). The third-order valence-electron chi connectivity index (χ3n) is 5.10. The van der Waals surface area contributed by atoms with Gasteiger partial charge in [-0.1, -0.05) is 32.9 Å². The molecule has 1 amide bonds. The van der Waals surface area contributed by atoms with E-state index in [9.17, 15) is 4.79 Å². The van der Waals surface area contributed by atoms with Crippen molar-refractivity contribution in [1.82, 2.24) is 29.6 Å². The van der Waals surface area contributed by atoms with Crippen LogP contribution in [0.1, 0.15) is 56.8 Å². The van der Waals surface area contributed by atoms with E-state index in [0.29, 0.717) is 29.1 Å². The summed E-state index contributed by atoms with van der Waals surface area (Å²) < 4.78 is 7.17. The molecule has 0 aliphatic carbocycles. The zero-order valence-corrected chi connectivity index (χ0v) is 17.3. The van der Waals surface area contributed by atoms with Crippen LogP contribution >= 0.6 is 0 Å². The summed E-state index contributed by atoms with van der Waals surface area (Å²) >= 11 is 0. The third-order valence-corrected chi connectivity index (χ3v) is 5.10. The number of aromatic nitrogens is 5. The maximum Gasteiger partial charge on any atom is 0.274 e.